The second-order valence-corrected chi connectivity index (χ2v) is 5.79. The van der Waals surface area contributed by atoms with Crippen molar-refractivity contribution >= 4 is 16.7 Å². The smallest absolute Gasteiger partial charge is 0.145 e. The molecular formula is C16H22N4. The first-order valence-corrected chi connectivity index (χ1v) is 7.34. The van der Waals surface area contributed by atoms with Gasteiger partial charge in [0.05, 0.1) is 5.52 Å². The van der Waals surface area contributed by atoms with Crippen LogP contribution in [0.15, 0.2) is 30.3 Å². The van der Waals surface area contributed by atoms with Crippen molar-refractivity contribution in [3.8, 4) is 0 Å². The van der Waals surface area contributed by atoms with Crippen LogP contribution in [0.5, 0.6) is 0 Å². The molecule has 3 rings (SSSR count). The van der Waals surface area contributed by atoms with Crippen molar-refractivity contribution in [3.05, 3.63) is 35.9 Å². The van der Waals surface area contributed by atoms with Crippen molar-refractivity contribution < 1.29 is 0 Å². The van der Waals surface area contributed by atoms with Gasteiger partial charge in [-0.2, -0.15) is 0 Å². The molecule has 0 amide bonds. The molecule has 1 saturated heterocycles. The molecule has 0 atom stereocenters. The van der Waals surface area contributed by atoms with Gasteiger partial charge in [-0.1, -0.05) is 25.1 Å². The summed E-state index contributed by atoms with van der Waals surface area (Å²) in [6.45, 7) is 5.59. The third-order valence-corrected chi connectivity index (χ3v) is 4.21. The lowest BCUT2D eigenvalue weighted by Crippen LogP contribution is -2.32. The van der Waals surface area contributed by atoms with Crippen LogP contribution in [0.2, 0.25) is 0 Å². The van der Waals surface area contributed by atoms with Crippen LogP contribution in [-0.4, -0.2) is 23.0 Å². The molecule has 106 valence electrons. The maximum atomic E-state index is 5.64. The zero-order chi connectivity index (χ0) is 13.9. The molecule has 1 aliphatic rings. The minimum atomic E-state index is 0.794. The largest absolute Gasteiger partial charge is 0.308 e. The number of hydrogen-bond donors (Lipinski definition) is 2. The number of hydrazine groups is 1. The van der Waals surface area contributed by atoms with E-state index in [4.69, 9.17) is 5.84 Å². The predicted octanol–water partition coefficient (Wildman–Crippen LogP) is 2.75. The minimum Gasteiger partial charge on any atom is -0.308 e. The summed E-state index contributed by atoms with van der Waals surface area (Å²) in [5, 5.41) is 1.17. The number of nitrogens with zero attached hydrogens (tertiary/aromatic N) is 2. The lowest BCUT2D eigenvalue weighted by molar-refractivity contribution is 0.185. The number of aromatic nitrogens is 1. The third kappa shape index (κ3) is 2.76. The van der Waals surface area contributed by atoms with Gasteiger partial charge in [0.25, 0.3) is 0 Å². The predicted molar refractivity (Wildman–Crippen MR) is 83.2 cm³/mol. The van der Waals surface area contributed by atoms with Crippen LogP contribution in [-0.2, 0) is 6.54 Å². The van der Waals surface area contributed by atoms with E-state index in [1.54, 1.807) is 0 Å². The molecule has 0 aliphatic carbocycles. The normalized spacial score (nSPS) is 17.5. The summed E-state index contributed by atoms with van der Waals surface area (Å²) in [6.07, 6.45) is 2.57. The van der Waals surface area contributed by atoms with Gasteiger partial charge in [-0.15, -0.1) is 0 Å². The van der Waals surface area contributed by atoms with E-state index in [1.165, 1.54) is 23.8 Å². The highest BCUT2D eigenvalue weighted by atomic mass is 15.3. The Morgan fingerprint density at radius 3 is 2.80 bits per heavy atom. The van der Waals surface area contributed by atoms with Crippen LogP contribution < -0.4 is 11.3 Å². The topological polar surface area (TPSA) is 54.2 Å². The monoisotopic (exact) mass is 270 g/mol. The van der Waals surface area contributed by atoms with Gasteiger partial charge in [0.15, 0.2) is 0 Å². The first-order chi connectivity index (χ1) is 9.76. The SMILES string of the molecule is CC1CCN(Cc2cc3ccccc3nc2NN)CC1. The quantitative estimate of drug-likeness (QED) is 0.665. The number of hydrogen-bond acceptors (Lipinski definition) is 4. The molecule has 2 aromatic rings. The van der Waals surface area contributed by atoms with E-state index in [0.29, 0.717) is 0 Å². The maximum absolute atomic E-state index is 5.64. The zero-order valence-corrected chi connectivity index (χ0v) is 12.0. The van der Waals surface area contributed by atoms with Crippen molar-refractivity contribution in [1.29, 1.82) is 0 Å². The number of piperidine rings is 1. The van der Waals surface area contributed by atoms with Crippen LogP contribution in [0.25, 0.3) is 10.9 Å². The van der Waals surface area contributed by atoms with Crippen LogP contribution in [0.1, 0.15) is 25.3 Å². The number of likely N-dealkylation sites (tertiary alicyclic amines) is 1. The molecule has 0 saturated carbocycles. The van der Waals surface area contributed by atoms with E-state index >= 15 is 0 Å². The summed E-state index contributed by atoms with van der Waals surface area (Å²) in [4.78, 5) is 7.10. The summed E-state index contributed by atoms with van der Waals surface area (Å²) in [5.74, 6) is 7.29. The number of rotatable bonds is 3. The van der Waals surface area contributed by atoms with Crippen LogP contribution >= 0.6 is 0 Å². The first kappa shape index (κ1) is 13.3. The summed E-state index contributed by atoms with van der Waals surface area (Å²) in [7, 11) is 0. The van der Waals surface area contributed by atoms with Crippen molar-refractivity contribution in [2.75, 3.05) is 18.5 Å². The lowest BCUT2D eigenvalue weighted by Gasteiger charge is -2.30. The summed E-state index contributed by atoms with van der Waals surface area (Å²) < 4.78 is 0. The van der Waals surface area contributed by atoms with Crippen molar-refractivity contribution in [2.45, 2.75) is 26.3 Å². The number of nitrogens with one attached hydrogen (secondary N) is 1. The molecule has 3 N–H and O–H groups in total. The van der Waals surface area contributed by atoms with E-state index in [0.717, 1.165) is 36.9 Å². The van der Waals surface area contributed by atoms with Crippen LogP contribution in [0, 0.1) is 5.92 Å². The Morgan fingerprint density at radius 2 is 2.05 bits per heavy atom. The third-order valence-electron chi connectivity index (χ3n) is 4.21. The Labute approximate surface area is 120 Å². The molecule has 4 nitrogen and oxygen atoms in total. The standard InChI is InChI=1S/C16H22N4/c1-12-6-8-20(9-7-12)11-14-10-13-4-2-3-5-15(13)18-16(14)19-17/h2-5,10,12H,6-9,11,17H2,1H3,(H,18,19). The minimum absolute atomic E-state index is 0.794. The molecule has 0 bridgehead atoms. The van der Waals surface area contributed by atoms with Gasteiger partial charge >= 0.3 is 0 Å². The fraction of sp³-hybridized carbons (Fsp3) is 0.438. The van der Waals surface area contributed by atoms with Gasteiger partial charge in [-0.3, -0.25) is 4.90 Å². The average Bonchev–Trinajstić information content (AvgIpc) is 2.49. The summed E-state index contributed by atoms with van der Waals surface area (Å²) in [6, 6.07) is 10.4. The van der Waals surface area contributed by atoms with Gasteiger partial charge in [-0.05, 0) is 44.0 Å². The van der Waals surface area contributed by atoms with Gasteiger partial charge in [0, 0.05) is 17.5 Å². The molecule has 1 aromatic carbocycles. The highest BCUT2D eigenvalue weighted by Crippen LogP contribution is 2.23. The second kappa shape index (κ2) is 5.77. The Hall–Kier alpha value is -1.65. The number of pyridine rings is 1. The van der Waals surface area contributed by atoms with E-state index < -0.39 is 0 Å². The Morgan fingerprint density at radius 1 is 1.30 bits per heavy atom. The van der Waals surface area contributed by atoms with E-state index in [9.17, 15) is 0 Å². The van der Waals surface area contributed by atoms with Gasteiger partial charge in [0.1, 0.15) is 5.82 Å². The van der Waals surface area contributed by atoms with Gasteiger partial charge < -0.3 is 5.43 Å². The van der Waals surface area contributed by atoms with Gasteiger partial charge in [0.2, 0.25) is 0 Å². The Balaban J connectivity index is 1.86. The zero-order valence-electron chi connectivity index (χ0n) is 12.0. The highest BCUT2D eigenvalue weighted by molar-refractivity contribution is 5.81. The molecule has 1 fully saturated rings. The molecule has 1 aliphatic heterocycles. The molecule has 2 heterocycles. The molecular weight excluding hydrogens is 248 g/mol. The van der Waals surface area contributed by atoms with Crippen molar-refractivity contribution in [3.63, 3.8) is 0 Å². The van der Waals surface area contributed by atoms with Crippen LogP contribution in [0.4, 0.5) is 5.82 Å². The lowest BCUT2D eigenvalue weighted by atomic mass is 9.99. The Bertz CT molecular complexity index is 588. The first-order valence-electron chi connectivity index (χ1n) is 7.34. The molecule has 1 aromatic heterocycles. The number of benzene rings is 1. The molecule has 20 heavy (non-hydrogen) atoms. The molecule has 0 radical (unpaired) electrons. The highest BCUT2D eigenvalue weighted by Gasteiger charge is 2.17. The Kier molecular flexibility index (Phi) is 3.85. The number of para-hydroxylation sites is 1. The number of anilines is 1. The summed E-state index contributed by atoms with van der Waals surface area (Å²) >= 11 is 0. The number of fused-ring (bicyclic) bond motifs is 1. The molecule has 4 heteroatoms. The van der Waals surface area contributed by atoms with E-state index in [1.807, 2.05) is 18.2 Å². The fourth-order valence-corrected chi connectivity index (χ4v) is 2.87. The van der Waals surface area contributed by atoms with E-state index in [2.05, 4.69) is 34.4 Å². The summed E-state index contributed by atoms with van der Waals surface area (Å²) in [5.41, 5.74) is 4.91. The van der Waals surface area contributed by atoms with Crippen molar-refractivity contribution in [1.82, 2.24) is 9.88 Å². The van der Waals surface area contributed by atoms with Crippen molar-refractivity contribution in [2.24, 2.45) is 11.8 Å². The number of nitrogens with two attached hydrogens (primary N) is 1. The van der Waals surface area contributed by atoms with Crippen LogP contribution in [0.3, 0.4) is 0 Å². The maximum Gasteiger partial charge on any atom is 0.145 e. The average molecular weight is 270 g/mol. The number of nitrogen functional groups attached to an aromatic ring is 1. The van der Waals surface area contributed by atoms with E-state index in [-0.39, 0.29) is 0 Å². The second-order valence-electron chi connectivity index (χ2n) is 5.79. The molecule has 0 spiro atoms. The van der Waals surface area contributed by atoms with Gasteiger partial charge in [-0.25, -0.2) is 10.8 Å². The fourth-order valence-electron chi connectivity index (χ4n) is 2.87. The molecule has 0 unspecified atom stereocenters.